The number of hydrogen-bond acceptors (Lipinski definition) is 7. The van der Waals surface area contributed by atoms with E-state index in [0.29, 0.717) is 11.3 Å². The molecule has 0 saturated carbocycles. The molecule has 3 aromatic rings. The topological polar surface area (TPSA) is 73.6 Å². The summed E-state index contributed by atoms with van der Waals surface area (Å²) in [6.07, 6.45) is 3.90. The maximum atomic E-state index is 9.74. The van der Waals surface area contributed by atoms with Crippen molar-refractivity contribution in [1.29, 1.82) is 5.26 Å². The first-order chi connectivity index (χ1) is 20.5. The van der Waals surface area contributed by atoms with Gasteiger partial charge < -0.3 is 24.6 Å². The molecule has 0 spiro atoms. The number of rotatable bonds is 8. The van der Waals surface area contributed by atoms with E-state index in [4.69, 9.17) is 9.47 Å². The number of piperazine rings is 1. The molecule has 1 fully saturated rings. The van der Waals surface area contributed by atoms with Crippen molar-refractivity contribution in [2.45, 2.75) is 53.9 Å². The summed E-state index contributed by atoms with van der Waals surface area (Å²) in [5.41, 5.74) is 5.85. The largest absolute Gasteiger partial charge is 0.493 e. The first kappa shape index (κ1) is 33.2. The average Bonchev–Trinajstić information content (AvgIpc) is 2.99. The molecule has 0 aliphatic carbocycles. The van der Waals surface area contributed by atoms with Gasteiger partial charge in [0.15, 0.2) is 5.75 Å². The Kier molecular flexibility index (Phi) is 11.4. The van der Waals surface area contributed by atoms with Crippen molar-refractivity contribution in [3.8, 4) is 23.3 Å². The zero-order valence-electron chi connectivity index (χ0n) is 27.3. The second-order valence-corrected chi connectivity index (χ2v) is 11.6. The first-order valence-corrected chi connectivity index (χ1v) is 14.9. The van der Waals surface area contributed by atoms with E-state index in [2.05, 4.69) is 79.6 Å². The third-order valence-electron chi connectivity index (χ3n) is 7.51. The molecular formula is C36H47N5O2. The number of nitriles is 1. The minimum absolute atomic E-state index is 0.127. The Morgan fingerprint density at radius 3 is 2.42 bits per heavy atom. The molecule has 1 aromatic heterocycles. The molecule has 0 unspecified atom stereocenters. The van der Waals surface area contributed by atoms with Crippen LogP contribution in [0.5, 0.6) is 17.2 Å². The molecule has 0 bridgehead atoms. The van der Waals surface area contributed by atoms with Gasteiger partial charge in [0.05, 0.1) is 18.4 Å². The highest BCUT2D eigenvalue weighted by atomic mass is 16.5. The Hall–Kier alpha value is -4.28. The number of nitrogens with one attached hydrogen (secondary N) is 1. The third-order valence-corrected chi connectivity index (χ3v) is 7.51. The molecule has 0 radical (unpaired) electrons. The molecule has 2 aromatic carbocycles. The summed E-state index contributed by atoms with van der Waals surface area (Å²) in [7, 11) is 3.72. The zero-order valence-corrected chi connectivity index (χ0v) is 27.3. The number of nitrogens with zero attached hydrogens (tertiary/aromatic N) is 4. The molecule has 0 amide bonds. The molecule has 1 aliphatic heterocycles. The minimum Gasteiger partial charge on any atom is -0.493 e. The Labute approximate surface area is 258 Å². The lowest BCUT2D eigenvalue weighted by molar-refractivity contribution is 0.312. The molecule has 1 aliphatic rings. The number of hydrogen-bond donors (Lipinski definition) is 1. The summed E-state index contributed by atoms with van der Waals surface area (Å²) in [6.45, 7) is 22.7. The number of aromatic nitrogens is 1. The monoisotopic (exact) mass is 581 g/mol. The summed E-state index contributed by atoms with van der Waals surface area (Å²) in [5.74, 6) is 3.00. The maximum absolute atomic E-state index is 9.74. The van der Waals surface area contributed by atoms with Crippen LogP contribution in [-0.2, 0) is 5.41 Å². The van der Waals surface area contributed by atoms with E-state index in [0.717, 1.165) is 77.1 Å². The van der Waals surface area contributed by atoms with Crippen LogP contribution >= 0.6 is 0 Å². The number of pyridine rings is 1. The first-order valence-electron chi connectivity index (χ1n) is 14.9. The fourth-order valence-corrected chi connectivity index (χ4v) is 4.74. The van der Waals surface area contributed by atoms with E-state index in [1.807, 2.05) is 63.4 Å². The smallest absolute Gasteiger partial charge is 0.160 e. The molecule has 4 rings (SSSR count). The van der Waals surface area contributed by atoms with Crippen molar-refractivity contribution in [3.05, 3.63) is 88.8 Å². The van der Waals surface area contributed by atoms with Crippen LogP contribution in [-0.4, -0.2) is 50.2 Å². The fourth-order valence-electron chi connectivity index (χ4n) is 4.74. The Morgan fingerprint density at radius 1 is 1.09 bits per heavy atom. The van der Waals surface area contributed by atoms with E-state index in [1.54, 1.807) is 7.11 Å². The predicted octanol–water partition coefficient (Wildman–Crippen LogP) is 8.17. The van der Waals surface area contributed by atoms with Crippen molar-refractivity contribution in [3.63, 3.8) is 0 Å². The molecule has 0 atom stereocenters. The molecule has 1 saturated heterocycles. The summed E-state index contributed by atoms with van der Waals surface area (Å²) in [4.78, 5) is 9.21. The molecule has 2 heterocycles. The minimum atomic E-state index is -0.127. The fraction of sp³-hybridized carbons (Fsp3) is 0.389. The van der Waals surface area contributed by atoms with Gasteiger partial charge >= 0.3 is 0 Å². The normalized spacial score (nSPS) is 13.9. The summed E-state index contributed by atoms with van der Waals surface area (Å²) < 4.78 is 12.0. The van der Waals surface area contributed by atoms with Gasteiger partial charge in [-0.25, -0.2) is 4.98 Å². The highest BCUT2D eigenvalue weighted by Gasteiger charge is 2.20. The molecule has 43 heavy (non-hydrogen) atoms. The van der Waals surface area contributed by atoms with Gasteiger partial charge in [-0.1, -0.05) is 53.3 Å². The highest BCUT2D eigenvalue weighted by molar-refractivity contribution is 5.71. The number of benzene rings is 2. The second-order valence-electron chi connectivity index (χ2n) is 11.6. The van der Waals surface area contributed by atoms with E-state index in [-0.39, 0.29) is 5.41 Å². The Bertz CT molecular complexity index is 1490. The van der Waals surface area contributed by atoms with Crippen LogP contribution < -0.4 is 19.7 Å². The summed E-state index contributed by atoms with van der Waals surface area (Å²) in [5, 5.41) is 13.1. The van der Waals surface area contributed by atoms with Gasteiger partial charge in [0.25, 0.3) is 0 Å². The number of ether oxygens (including phenoxy) is 2. The lowest BCUT2D eigenvalue weighted by Gasteiger charge is -2.33. The third kappa shape index (κ3) is 8.39. The lowest BCUT2D eigenvalue weighted by Crippen LogP contribution is -2.44. The van der Waals surface area contributed by atoms with Crippen LogP contribution in [0, 0.1) is 18.3 Å². The second kappa shape index (κ2) is 14.8. The Morgan fingerprint density at radius 2 is 1.79 bits per heavy atom. The lowest BCUT2D eigenvalue weighted by atomic mass is 9.85. The van der Waals surface area contributed by atoms with Gasteiger partial charge in [0, 0.05) is 44.1 Å². The van der Waals surface area contributed by atoms with Crippen LogP contribution in [0.4, 0.5) is 11.5 Å². The van der Waals surface area contributed by atoms with Gasteiger partial charge in [-0.3, -0.25) is 0 Å². The summed E-state index contributed by atoms with van der Waals surface area (Å²) >= 11 is 0. The van der Waals surface area contributed by atoms with Gasteiger partial charge in [-0.05, 0) is 78.9 Å². The van der Waals surface area contributed by atoms with E-state index in [1.165, 1.54) is 0 Å². The van der Waals surface area contributed by atoms with Crippen molar-refractivity contribution < 1.29 is 9.47 Å². The standard InChI is InChI=1S/C34H41N5O2.C2H6/c1-23(25(3)37-30-20-28(34(4,5)6)19-27(22-35)33(30)40-8)18-26-10-9-11-31(24(26)2)41-29-12-13-36-32(21-29)39-16-14-38(7)15-17-39;1-2/h9-13,18-21,37H,3,14-17H2,1-2,4-8H3;1-2H3/b23-18+;. The number of likely N-dealkylation sites (N-methyl/N-ethyl adjacent to an activating group) is 1. The molecule has 228 valence electrons. The van der Waals surface area contributed by atoms with Crippen molar-refractivity contribution in [2.75, 3.05) is 50.6 Å². The number of anilines is 2. The molecule has 7 nitrogen and oxygen atoms in total. The highest BCUT2D eigenvalue weighted by Crippen LogP contribution is 2.36. The molecule has 7 heteroatoms. The zero-order chi connectivity index (χ0) is 31.7. The molecule has 1 N–H and O–H groups in total. The number of methoxy groups -OCH3 is 1. The van der Waals surface area contributed by atoms with Crippen LogP contribution in [0.25, 0.3) is 6.08 Å². The van der Waals surface area contributed by atoms with Gasteiger partial charge in [-0.15, -0.1) is 0 Å². The van der Waals surface area contributed by atoms with Gasteiger partial charge in [0.1, 0.15) is 23.4 Å². The summed E-state index contributed by atoms with van der Waals surface area (Å²) in [6, 6.07) is 16.1. The van der Waals surface area contributed by atoms with E-state index >= 15 is 0 Å². The van der Waals surface area contributed by atoms with E-state index < -0.39 is 0 Å². The van der Waals surface area contributed by atoms with Gasteiger partial charge in [-0.2, -0.15) is 5.26 Å². The molecular weight excluding hydrogens is 534 g/mol. The van der Waals surface area contributed by atoms with E-state index in [9.17, 15) is 5.26 Å². The SMILES string of the molecule is C=C(Nc1cc(C(C)(C)C)cc(C#N)c1OC)/C(C)=C/c1cccc(Oc2ccnc(N3CCN(C)CC3)c2)c1C.CC. The van der Waals surface area contributed by atoms with Crippen molar-refractivity contribution in [2.24, 2.45) is 0 Å². The quantitative estimate of drug-likeness (QED) is 0.269. The van der Waals surface area contributed by atoms with Crippen LogP contribution in [0.1, 0.15) is 63.8 Å². The van der Waals surface area contributed by atoms with Crippen LogP contribution in [0.2, 0.25) is 0 Å². The predicted molar refractivity (Wildman–Crippen MR) is 179 cm³/mol. The van der Waals surface area contributed by atoms with Crippen LogP contribution in [0.15, 0.2) is 66.5 Å². The van der Waals surface area contributed by atoms with Gasteiger partial charge in [0.2, 0.25) is 0 Å². The van der Waals surface area contributed by atoms with Crippen molar-refractivity contribution >= 4 is 17.6 Å². The van der Waals surface area contributed by atoms with Crippen LogP contribution in [0.3, 0.4) is 0 Å². The number of allylic oxidation sites excluding steroid dienone is 1. The van der Waals surface area contributed by atoms with Crippen molar-refractivity contribution in [1.82, 2.24) is 9.88 Å². The maximum Gasteiger partial charge on any atom is 0.160 e. The Balaban J connectivity index is 0.00000248. The average molecular weight is 582 g/mol.